The lowest BCUT2D eigenvalue weighted by atomic mass is 10.1. The number of para-hydroxylation sites is 1. The number of nitrogens with zero attached hydrogens (tertiary/aromatic N) is 4. The first-order chi connectivity index (χ1) is 12.3. The van der Waals surface area contributed by atoms with Gasteiger partial charge in [0.25, 0.3) is 0 Å². The monoisotopic (exact) mass is 335 g/mol. The lowest BCUT2D eigenvalue weighted by Gasteiger charge is -2.24. The van der Waals surface area contributed by atoms with Crippen molar-refractivity contribution in [1.29, 1.82) is 0 Å². The third kappa shape index (κ3) is 3.63. The molecule has 1 aliphatic rings. The van der Waals surface area contributed by atoms with Crippen LogP contribution < -0.4 is 5.32 Å². The first-order valence-electron chi connectivity index (χ1n) is 8.66. The molecule has 3 aromatic rings. The van der Waals surface area contributed by atoms with Crippen molar-refractivity contribution in [3.05, 3.63) is 66.5 Å². The third-order valence-electron chi connectivity index (χ3n) is 4.60. The molecular weight excluding hydrogens is 314 g/mol. The summed E-state index contributed by atoms with van der Waals surface area (Å²) in [5.74, 6) is 1.21. The molecule has 0 spiro atoms. The van der Waals surface area contributed by atoms with Gasteiger partial charge in [0.15, 0.2) is 0 Å². The standard InChI is InChI=1S/C19H21N5O/c25-19(22-16-7-8-18-20-10-11-23(18)14-16)9-6-15-12-21-24(13-15)17-4-2-1-3-5-17/h1-5,10-13,16H,6-9,14H2,(H,22,25)/t16-/m0/s1. The average molecular weight is 335 g/mol. The molecule has 1 aromatic carbocycles. The van der Waals surface area contributed by atoms with Crippen LogP contribution in [0, 0.1) is 0 Å². The van der Waals surface area contributed by atoms with Crippen LogP contribution >= 0.6 is 0 Å². The van der Waals surface area contributed by atoms with E-state index >= 15 is 0 Å². The predicted molar refractivity (Wildman–Crippen MR) is 94.4 cm³/mol. The van der Waals surface area contributed by atoms with Crippen molar-refractivity contribution in [2.75, 3.05) is 0 Å². The maximum Gasteiger partial charge on any atom is 0.220 e. The van der Waals surface area contributed by atoms with Crippen molar-refractivity contribution in [1.82, 2.24) is 24.6 Å². The van der Waals surface area contributed by atoms with Crippen molar-refractivity contribution >= 4 is 5.91 Å². The summed E-state index contributed by atoms with van der Waals surface area (Å²) in [5.41, 5.74) is 2.09. The molecule has 0 saturated carbocycles. The van der Waals surface area contributed by atoms with Crippen LogP contribution in [-0.2, 0) is 24.2 Å². The van der Waals surface area contributed by atoms with Crippen LogP contribution in [0.5, 0.6) is 0 Å². The molecule has 0 aliphatic carbocycles. The highest BCUT2D eigenvalue weighted by atomic mass is 16.1. The lowest BCUT2D eigenvalue weighted by molar-refractivity contribution is -0.122. The van der Waals surface area contributed by atoms with Gasteiger partial charge in [-0.2, -0.15) is 5.10 Å². The summed E-state index contributed by atoms with van der Waals surface area (Å²) in [4.78, 5) is 16.6. The van der Waals surface area contributed by atoms with Gasteiger partial charge in [0, 0.05) is 44.0 Å². The summed E-state index contributed by atoms with van der Waals surface area (Å²) in [5, 5.41) is 7.52. The number of hydrogen-bond acceptors (Lipinski definition) is 3. The van der Waals surface area contributed by atoms with E-state index in [-0.39, 0.29) is 11.9 Å². The normalized spacial score (nSPS) is 16.4. The highest BCUT2D eigenvalue weighted by Gasteiger charge is 2.20. The summed E-state index contributed by atoms with van der Waals surface area (Å²) >= 11 is 0. The first kappa shape index (κ1) is 15.6. The molecule has 0 fully saturated rings. The number of fused-ring (bicyclic) bond motifs is 1. The number of benzene rings is 1. The minimum Gasteiger partial charge on any atom is -0.352 e. The Morgan fingerprint density at radius 2 is 2.16 bits per heavy atom. The summed E-state index contributed by atoms with van der Waals surface area (Å²) in [6.45, 7) is 0.813. The zero-order valence-electron chi connectivity index (χ0n) is 14.0. The van der Waals surface area contributed by atoms with Crippen LogP contribution in [-0.4, -0.2) is 31.3 Å². The highest BCUT2D eigenvalue weighted by Crippen LogP contribution is 2.14. The summed E-state index contributed by atoms with van der Waals surface area (Å²) in [7, 11) is 0. The number of carbonyl (C=O) groups is 1. The van der Waals surface area contributed by atoms with Crippen LogP contribution in [0.3, 0.4) is 0 Å². The van der Waals surface area contributed by atoms with Gasteiger partial charge in [-0.25, -0.2) is 9.67 Å². The molecule has 4 rings (SSSR count). The van der Waals surface area contributed by atoms with Gasteiger partial charge in [-0.05, 0) is 30.5 Å². The molecule has 1 amide bonds. The van der Waals surface area contributed by atoms with Gasteiger partial charge >= 0.3 is 0 Å². The summed E-state index contributed by atoms with van der Waals surface area (Å²) < 4.78 is 3.97. The van der Waals surface area contributed by atoms with Gasteiger partial charge in [-0.15, -0.1) is 0 Å². The Bertz CT molecular complexity index is 852. The van der Waals surface area contributed by atoms with Crippen LogP contribution in [0.1, 0.15) is 24.2 Å². The Morgan fingerprint density at radius 1 is 1.28 bits per heavy atom. The molecule has 0 saturated heterocycles. The predicted octanol–water partition coefficient (Wildman–Crippen LogP) is 2.13. The Morgan fingerprint density at radius 3 is 3.04 bits per heavy atom. The smallest absolute Gasteiger partial charge is 0.220 e. The Balaban J connectivity index is 1.29. The first-order valence-corrected chi connectivity index (χ1v) is 8.66. The van der Waals surface area contributed by atoms with E-state index in [2.05, 4.69) is 20.0 Å². The Hall–Kier alpha value is -2.89. The van der Waals surface area contributed by atoms with E-state index in [0.29, 0.717) is 12.8 Å². The molecule has 25 heavy (non-hydrogen) atoms. The average Bonchev–Trinajstić information content (AvgIpc) is 3.30. The van der Waals surface area contributed by atoms with Crippen molar-refractivity contribution in [2.45, 2.75) is 38.3 Å². The van der Waals surface area contributed by atoms with E-state index in [9.17, 15) is 4.79 Å². The summed E-state index contributed by atoms with van der Waals surface area (Å²) in [6, 6.07) is 10.2. The zero-order chi connectivity index (χ0) is 17.1. The van der Waals surface area contributed by atoms with Gasteiger partial charge in [0.2, 0.25) is 5.91 Å². The number of carbonyl (C=O) groups excluding carboxylic acids is 1. The van der Waals surface area contributed by atoms with E-state index in [1.54, 1.807) is 0 Å². The number of aromatic nitrogens is 4. The largest absolute Gasteiger partial charge is 0.352 e. The number of hydrogen-bond donors (Lipinski definition) is 1. The van der Waals surface area contributed by atoms with Gasteiger partial charge in [-0.1, -0.05) is 18.2 Å². The molecule has 6 heteroatoms. The minimum atomic E-state index is 0.0982. The highest BCUT2D eigenvalue weighted by molar-refractivity contribution is 5.76. The molecule has 0 bridgehead atoms. The fourth-order valence-corrected chi connectivity index (χ4v) is 3.25. The van der Waals surface area contributed by atoms with E-state index in [1.807, 2.05) is 59.8 Å². The van der Waals surface area contributed by atoms with Gasteiger partial charge < -0.3 is 9.88 Å². The van der Waals surface area contributed by atoms with Gasteiger partial charge in [-0.3, -0.25) is 4.79 Å². The minimum absolute atomic E-state index is 0.0982. The Labute approximate surface area is 146 Å². The summed E-state index contributed by atoms with van der Waals surface area (Å²) in [6.07, 6.45) is 10.7. The van der Waals surface area contributed by atoms with E-state index in [1.165, 1.54) is 0 Å². The quantitative estimate of drug-likeness (QED) is 0.777. The van der Waals surface area contributed by atoms with E-state index < -0.39 is 0 Å². The number of amides is 1. The molecule has 1 N–H and O–H groups in total. The van der Waals surface area contributed by atoms with Crippen LogP contribution in [0.15, 0.2) is 55.1 Å². The van der Waals surface area contributed by atoms with E-state index in [0.717, 1.165) is 36.5 Å². The van der Waals surface area contributed by atoms with Crippen molar-refractivity contribution in [2.24, 2.45) is 0 Å². The second-order valence-electron chi connectivity index (χ2n) is 6.43. The number of imidazole rings is 1. The lowest BCUT2D eigenvalue weighted by Crippen LogP contribution is -2.40. The molecule has 0 radical (unpaired) electrons. The van der Waals surface area contributed by atoms with Crippen molar-refractivity contribution in [3.63, 3.8) is 0 Å². The fraction of sp³-hybridized carbons (Fsp3) is 0.316. The van der Waals surface area contributed by atoms with Gasteiger partial charge in [0.05, 0.1) is 11.9 Å². The third-order valence-corrected chi connectivity index (χ3v) is 4.60. The number of aryl methyl sites for hydroxylation is 2. The maximum atomic E-state index is 12.2. The molecular formula is C19H21N5O. The second-order valence-corrected chi connectivity index (χ2v) is 6.43. The maximum absolute atomic E-state index is 12.2. The van der Waals surface area contributed by atoms with Crippen LogP contribution in [0.2, 0.25) is 0 Å². The van der Waals surface area contributed by atoms with Crippen LogP contribution in [0.25, 0.3) is 5.69 Å². The molecule has 6 nitrogen and oxygen atoms in total. The molecule has 2 aromatic heterocycles. The Kier molecular flexibility index (Phi) is 4.33. The molecule has 3 heterocycles. The topological polar surface area (TPSA) is 64.7 Å². The SMILES string of the molecule is O=C(CCc1cnn(-c2ccccc2)c1)N[C@H]1CCc2nccn2C1. The van der Waals surface area contributed by atoms with Gasteiger partial charge in [0.1, 0.15) is 5.82 Å². The van der Waals surface area contributed by atoms with Crippen LogP contribution in [0.4, 0.5) is 0 Å². The molecule has 1 atom stereocenters. The molecule has 0 unspecified atom stereocenters. The van der Waals surface area contributed by atoms with E-state index in [4.69, 9.17) is 0 Å². The number of nitrogens with one attached hydrogen (secondary N) is 1. The van der Waals surface area contributed by atoms with Crippen molar-refractivity contribution in [3.8, 4) is 5.69 Å². The molecule has 128 valence electrons. The molecule has 1 aliphatic heterocycles. The number of rotatable bonds is 5. The zero-order valence-corrected chi connectivity index (χ0v) is 14.0. The second kappa shape index (κ2) is 6.93. The fourth-order valence-electron chi connectivity index (χ4n) is 3.25. The van der Waals surface area contributed by atoms with Crippen molar-refractivity contribution < 1.29 is 4.79 Å².